The van der Waals surface area contributed by atoms with E-state index in [9.17, 15) is 0 Å². The minimum Gasteiger partial charge on any atom is -0.496 e. The van der Waals surface area contributed by atoms with Gasteiger partial charge in [0.05, 0.1) is 12.1 Å². The molecule has 0 atom stereocenters. The molecule has 0 unspecified atom stereocenters. The number of hydrogen-bond acceptors (Lipinski definition) is 3. The van der Waals surface area contributed by atoms with Crippen molar-refractivity contribution in [2.45, 2.75) is 13.5 Å². The number of aryl methyl sites for hydroxylation is 1. The van der Waals surface area contributed by atoms with Gasteiger partial charge < -0.3 is 15.2 Å². The Morgan fingerprint density at radius 3 is 2.63 bits per heavy atom. The molecule has 0 aromatic heterocycles. The van der Waals surface area contributed by atoms with Crippen molar-refractivity contribution in [3.8, 4) is 11.5 Å². The van der Waals surface area contributed by atoms with Crippen molar-refractivity contribution in [1.29, 1.82) is 0 Å². The lowest BCUT2D eigenvalue weighted by atomic mass is 10.2. The Morgan fingerprint density at radius 2 is 1.89 bits per heavy atom. The topological polar surface area (TPSA) is 44.5 Å². The van der Waals surface area contributed by atoms with Crippen LogP contribution in [0.15, 0.2) is 36.4 Å². The average molecular weight is 278 g/mol. The number of anilines is 1. The first-order valence-corrected chi connectivity index (χ1v) is 6.29. The molecule has 2 aromatic rings. The third-order valence-electron chi connectivity index (χ3n) is 2.77. The third kappa shape index (κ3) is 3.32. The monoisotopic (exact) mass is 277 g/mol. The van der Waals surface area contributed by atoms with Gasteiger partial charge in [0.2, 0.25) is 0 Å². The maximum absolute atomic E-state index is 6.09. The number of nitrogens with two attached hydrogens (primary N) is 1. The number of hydrogen-bond donors (Lipinski definition) is 1. The van der Waals surface area contributed by atoms with Crippen LogP contribution in [0.5, 0.6) is 11.5 Å². The molecule has 0 heterocycles. The second-order valence-corrected chi connectivity index (χ2v) is 4.70. The molecule has 0 spiro atoms. The van der Waals surface area contributed by atoms with Crippen molar-refractivity contribution in [2.75, 3.05) is 12.8 Å². The molecule has 0 saturated heterocycles. The lowest BCUT2D eigenvalue weighted by Gasteiger charge is -2.12. The normalized spacial score (nSPS) is 10.3. The van der Waals surface area contributed by atoms with Crippen LogP contribution in [0.1, 0.15) is 11.1 Å². The standard InChI is InChI=1S/C15H16ClNO2/c1-10-3-5-13(16)15(7-10)19-9-11-8-12(17)4-6-14(11)18-2/h3-8H,9,17H2,1-2H3. The fourth-order valence-electron chi connectivity index (χ4n) is 1.79. The van der Waals surface area contributed by atoms with Crippen LogP contribution in [0.2, 0.25) is 5.02 Å². The molecule has 0 aliphatic carbocycles. The third-order valence-corrected chi connectivity index (χ3v) is 3.09. The summed E-state index contributed by atoms with van der Waals surface area (Å²) in [6.07, 6.45) is 0. The van der Waals surface area contributed by atoms with E-state index in [0.717, 1.165) is 16.9 Å². The van der Waals surface area contributed by atoms with Crippen LogP contribution in [0.3, 0.4) is 0 Å². The number of benzene rings is 2. The molecule has 0 aliphatic rings. The van der Waals surface area contributed by atoms with E-state index in [1.165, 1.54) is 0 Å². The lowest BCUT2D eigenvalue weighted by molar-refractivity contribution is 0.297. The highest BCUT2D eigenvalue weighted by molar-refractivity contribution is 6.32. The molecule has 2 N–H and O–H groups in total. The summed E-state index contributed by atoms with van der Waals surface area (Å²) in [5.74, 6) is 1.41. The van der Waals surface area contributed by atoms with Crippen LogP contribution in [0.4, 0.5) is 5.69 Å². The van der Waals surface area contributed by atoms with Gasteiger partial charge in [0.25, 0.3) is 0 Å². The summed E-state index contributed by atoms with van der Waals surface area (Å²) >= 11 is 6.09. The van der Waals surface area contributed by atoms with Crippen molar-refractivity contribution >= 4 is 17.3 Å². The highest BCUT2D eigenvalue weighted by Crippen LogP contribution is 2.28. The van der Waals surface area contributed by atoms with Gasteiger partial charge in [-0.15, -0.1) is 0 Å². The molecular formula is C15H16ClNO2. The summed E-state index contributed by atoms with van der Waals surface area (Å²) in [6.45, 7) is 2.35. The van der Waals surface area contributed by atoms with E-state index in [-0.39, 0.29) is 0 Å². The maximum atomic E-state index is 6.09. The van der Waals surface area contributed by atoms with Crippen molar-refractivity contribution in [3.05, 3.63) is 52.5 Å². The highest BCUT2D eigenvalue weighted by atomic mass is 35.5. The molecule has 100 valence electrons. The Labute approximate surface area is 117 Å². The number of ether oxygens (including phenoxy) is 2. The molecule has 4 heteroatoms. The average Bonchev–Trinajstić information content (AvgIpc) is 2.40. The summed E-state index contributed by atoms with van der Waals surface area (Å²) in [7, 11) is 1.62. The first-order chi connectivity index (χ1) is 9.10. The van der Waals surface area contributed by atoms with Crippen molar-refractivity contribution in [2.24, 2.45) is 0 Å². The second kappa shape index (κ2) is 5.85. The Hall–Kier alpha value is -1.87. The van der Waals surface area contributed by atoms with E-state index < -0.39 is 0 Å². The van der Waals surface area contributed by atoms with Gasteiger partial charge in [-0.2, -0.15) is 0 Å². The SMILES string of the molecule is COc1ccc(N)cc1COc1cc(C)ccc1Cl. The Morgan fingerprint density at radius 1 is 1.11 bits per heavy atom. The van der Waals surface area contributed by atoms with Gasteiger partial charge in [-0.3, -0.25) is 0 Å². The summed E-state index contributed by atoms with van der Waals surface area (Å²) in [5, 5.41) is 0.591. The van der Waals surface area contributed by atoms with Crippen LogP contribution in [0, 0.1) is 6.92 Å². The van der Waals surface area contributed by atoms with E-state index in [0.29, 0.717) is 23.1 Å². The van der Waals surface area contributed by atoms with Crippen LogP contribution >= 0.6 is 11.6 Å². The van der Waals surface area contributed by atoms with Gasteiger partial charge in [0.1, 0.15) is 18.1 Å². The van der Waals surface area contributed by atoms with Gasteiger partial charge in [-0.1, -0.05) is 17.7 Å². The predicted molar refractivity (Wildman–Crippen MR) is 77.9 cm³/mol. The van der Waals surface area contributed by atoms with Gasteiger partial charge in [-0.05, 0) is 42.8 Å². The first-order valence-electron chi connectivity index (χ1n) is 5.91. The van der Waals surface area contributed by atoms with E-state index >= 15 is 0 Å². The fourth-order valence-corrected chi connectivity index (χ4v) is 1.96. The van der Waals surface area contributed by atoms with Gasteiger partial charge in [0.15, 0.2) is 0 Å². The lowest BCUT2D eigenvalue weighted by Crippen LogP contribution is -2.00. The first kappa shape index (κ1) is 13.6. The molecule has 19 heavy (non-hydrogen) atoms. The minimum absolute atomic E-state index is 0.359. The molecule has 0 saturated carbocycles. The molecule has 0 radical (unpaired) electrons. The number of rotatable bonds is 4. The van der Waals surface area contributed by atoms with Crippen molar-refractivity contribution in [3.63, 3.8) is 0 Å². The zero-order valence-corrected chi connectivity index (χ0v) is 11.7. The Balaban J connectivity index is 2.18. The summed E-state index contributed by atoms with van der Waals surface area (Å²) < 4.78 is 11.0. The van der Waals surface area contributed by atoms with Crippen LogP contribution in [-0.2, 0) is 6.61 Å². The van der Waals surface area contributed by atoms with Gasteiger partial charge in [-0.25, -0.2) is 0 Å². The Kier molecular flexibility index (Phi) is 4.17. The van der Waals surface area contributed by atoms with Crippen LogP contribution < -0.4 is 15.2 Å². The van der Waals surface area contributed by atoms with E-state index in [2.05, 4.69) is 0 Å². The van der Waals surface area contributed by atoms with Crippen LogP contribution in [-0.4, -0.2) is 7.11 Å². The fraction of sp³-hybridized carbons (Fsp3) is 0.200. The molecule has 0 aliphatic heterocycles. The predicted octanol–water partition coefficient (Wildman–Crippen LogP) is 3.82. The molecule has 2 aromatic carbocycles. The zero-order valence-electron chi connectivity index (χ0n) is 10.9. The molecule has 2 rings (SSSR count). The maximum Gasteiger partial charge on any atom is 0.138 e. The second-order valence-electron chi connectivity index (χ2n) is 4.29. The number of nitrogen functional groups attached to an aromatic ring is 1. The van der Waals surface area contributed by atoms with E-state index in [4.69, 9.17) is 26.8 Å². The van der Waals surface area contributed by atoms with E-state index in [1.807, 2.05) is 37.3 Å². The smallest absolute Gasteiger partial charge is 0.138 e. The zero-order chi connectivity index (χ0) is 13.8. The summed E-state index contributed by atoms with van der Waals surface area (Å²) in [4.78, 5) is 0. The molecule has 0 bridgehead atoms. The largest absolute Gasteiger partial charge is 0.496 e. The van der Waals surface area contributed by atoms with Gasteiger partial charge in [0, 0.05) is 11.3 Å². The highest BCUT2D eigenvalue weighted by Gasteiger charge is 2.07. The number of methoxy groups -OCH3 is 1. The van der Waals surface area contributed by atoms with E-state index in [1.54, 1.807) is 13.2 Å². The number of halogens is 1. The quantitative estimate of drug-likeness (QED) is 0.864. The van der Waals surface area contributed by atoms with Gasteiger partial charge >= 0.3 is 0 Å². The van der Waals surface area contributed by atoms with Crippen LogP contribution in [0.25, 0.3) is 0 Å². The molecule has 0 amide bonds. The summed E-state index contributed by atoms with van der Waals surface area (Å²) in [5.41, 5.74) is 8.43. The molecule has 0 fully saturated rings. The molecular weight excluding hydrogens is 262 g/mol. The molecule has 3 nitrogen and oxygen atoms in total. The Bertz CT molecular complexity index is 584. The minimum atomic E-state index is 0.359. The van der Waals surface area contributed by atoms with Crippen molar-refractivity contribution < 1.29 is 9.47 Å². The summed E-state index contributed by atoms with van der Waals surface area (Å²) in [6, 6.07) is 11.1. The van der Waals surface area contributed by atoms with Crippen molar-refractivity contribution in [1.82, 2.24) is 0 Å².